The third-order valence-electron chi connectivity index (χ3n) is 1.49. The van der Waals surface area contributed by atoms with Crippen molar-refractivity contribution in [2.45, 2.75) is 26.7 Å². The zero-order chi connectivity index (χ0) is 9.72. The highest BCUT2D eigenvalue weighted by molar-refractivity contribution is 6.18. The summed E-state index contributed by atoms with van der Waals surface area (Å²) in [5.74, 6) is -1.46. The maximum absolute atomic E-state index is 10.5. The summed E-state index contributed by atoms with van der Waals surface area (Å²) in [5.41, 5.74) is -0.304. The number of carboxylic acid groups (broad SMARTS) is 1. The van der Waals surface area contributed by atoms with Gasteiger partial charge in [-0.15, -0.1) is 0 Å². The Kier molecular flexibility index (Phi) is 4.04. The first-order valence-corrected chi connectivity index (χ1v) is 3.77. The maximum Gasteiger partial charge on any atom is 0.340 e. The van der Waals surface area contributed by atoms with Crippen LogP contribution in [0.15, 0.2) is 11.3 Å². The molecule has 0 fully saturated rings. The van der Waals surface area contributed by atoms with Crippen LogP contribution in [-0.2, 0) is 4.79 Å². The first kappa shape index (κ1) is 10.7. The predicted molar refractivity (Wildman–Crippen MR) is 45.6 cm³/mol. The van der Waals surface area contributed by atoms with E-state index in [-0.39, 0.29) is 23.5 Å². The van der Waals surface area contributed by atoms with Gasteiger partial charge < -0.3 is 15.6 Å². The van der Waals surface area contributed by atoms with Crippen molar-refractivity contribution in [1.82, 2.24) is 0 Å². The third kappa shape index (κ3) is 2.38. The largest absolute Gasteiger partial charge is 0.511 e. The number of hydrogen-bond donors (Lipinski definition) is 3. The molecule has 0 heterocycles. The topological polar surface area (TPSA) is 81.4 Å². The van der Waals surface area contributed by atoms with Gasteiger partial charge in [0, 0.05) is 12.1 Å². The number of hydrogen-bond acceptors (Lipinski definition) is 3. The van der Waals surface area contributed by atoms with Crippen LogP contribution >= 0.6 is 0 Å². The Morgan fingerprint density at radius 3 is 2.00 bits per heavy atom. The summed E-state index contributed by atoms with van der Waals surface area (Å²) in [5, 5.41) is 25.0. The van der Waals surface area contributed by atoms with E-state index in [0.29, 0.717) is 6.42 Å². The molecule has 12 heavy (non-hydrogen) atoms. The highest BCUT2D eigenvalue weighted by Crippen LogP contribution is 2.09. The van der Waals surface area contributed by atoms with Crippen LogP contribution in [0.1, 0.15) is 26.7 Å². The summed E-state index contributed by atoms with van der Waals surface area (Å²) in [7, 11) is 0. The lowest BCUT2D eigenvalue weighted by molar-refractivity contribution is -0.132. The molecule has 0 amide bonds. The molecule has 0 saturated carbocycles. The van der Waals surface area contributed by atoms with Crippen molar-refractivity contribution in [2.24, 2.45) is 0 Å². The van der Waals surface area contributed by atoms with Crippen LogP contribution in [0.2, 0.25) is 0 Å². The highest BCUT2D eigenvalue weighted by atomic mass is 16.4. The fourth-order valence-electron chi connectivity index (χ4n) is 0.780. The molecule has 0 aromatic heterocycles. The first-order chi connectivity index (χ1) is 5.54. The monoisotopic (exact) mass is 171 g/mol. The molecule has 0 rings (SSSR count). The molecule has 0 atom stereocenters. The quantitative estimate of drug-likeness (QED) is 0.342. The van der Waals surface area contributed by atoms with E-state index in [9.17, 15) is 4.79 Å². The molecule has 0 aliphatic heterocycles. The molecule has 0 saturated heterocycles. The molecule has 0 aliphatic rings. The van der Waals surface area contributed by atoms with E-state index < -0.39 is 5.97 Å². The number of carboxylic acids is 1. The molecule has 0 radical (unpaired) electrons. The first-order valence-electron chi connectivity index (χ1n) is 3.77. The highest BCUT2D eigenvalue weighted by Gasteiger charge is 2.16. The van der Waals surface area contributed by atoms with E-state index in [0.717, 1.165) is 0 Å². The van der Waals surface area contributed by atoms with Gasteiger partial charge in [0.2, 0.25) is 0 Å². The van der Waals surface area contributed by atoms with Gasteiger partial charge in [-0.3, -0.25) is 0 Å². The van der Waals surface area contributed by atoms with E-state index in [1.165, 1.54) is 0 Å². The SMILES string of the molecule is CCC(=N)/C(C(=O)O)=C(\O)CC. The van der Waals surface area contributed by atoms with Gasteiger partial charge in [0.25, 0.3) is 0 Å². The minimum atomic E-state index is -1.24. The van der Waals surface area contributed by atoms with Gasteiger partial charge >= 0.3 is 5.97 Å². The molecule has 0 aromatic rings. The van der Waals surface area contributed by atoms with Crippen molar-refractivity contribution in [3.05, 3.63) is 11.3 Å². The fourth-order valence-corrected chi connectivity index (χ4v) is 0.780. The van der Waals surface area contributed by atoms with Crippen LogP contribution in [0.4, 0.5) is 0 Å². The van der Waals surface area contributed by atoms with Gasteiger partial charge in [-0.1, -0.05) is 13.8 Å². The zero-order valence-corrected chi connectivity index (χ0v) is 7.22. The second kappa shape index (κ2) is 4.54. The van der Waals surface area contributed by atoms with Crippen molar-refractivity contribution in [2.75, 3.05) is 0 Å². The fraction of sp³-hybridized carbons (Fsp3) is 0.500. The molecular weight excluding hydrogens is 158 g/mol. The van der Waals surface area contributed by atoms with Crippen LogP contribution < -0.4 is 0 Å². The van der Waals surface area contributed by atoms with Crippen LogP contribution in [0, 0.1) is 5.41 Å². The average molecular weight is 171 g/mol. The van der Waals surface area contributed by atoms with E-state index in [1.807, 2.05) is 0 Å². The number of rotatable bonds is 4. The van der Waals surface area contributed by atoms with Gasteiger partial charge in [-0.25, -0.2) is 4.79 Å². The van der Waals surface area contributed by atoms with Crippen LogP contribution in [-0.4, -0.2) is 21.9 Å². The van der Waals surface area contributed by atoms with Crippen molar-refractivity contribution in [3.8, 4) is 0 Å². The second-order valence-corrected chi connectivity index (χ2v) is 2.31. The molecule has 0 spiro atoms. The summed E-state index contributed by atoms with van der Waals surface area (Å²) < 4.78 is 0. The number of allylic oxidation sites excluding steroid dienone is 1. The molecule has 0 aromatic carbocycles. The summed E-state index contributed by atoms with van der Waals surface area (Å²) >= 11 is 0. The summed E-state index contributed by atoms with van der Waals surface area (Å²) in [6.07, 6.45) is 0.551. The number of aliphatic hydroxyl groups is 1. The van der Waals surface area contributed by atoms with E-state index >= 15 is 0 Å². The molecule has 0 aliphatic carbocycles. The minimum Gasteiger partial charge on any atom is -0.511 e. The standard InChI is InChI=1S/C8H13NO3/c1-3-5(9)7(8(11)12)6(10)4-2/h9-10H,3-4H2,1-2H3,(H,11,12)/b7-6+,9-5?. The van der Waals surface area contributed by atoms with Gasteiger partial charge in [0.1, 0.15) is 11.3 Å². The van der Waals surface area contributed by atoms with E-state index in [4.69, 9.17) is 15.6 Å². The lowest BCUT2D eigenvalue weighted by Gasteiger charge is -2.04. The molecule has 4 heteroatoms. The molecular formula is C8H13NO3. The van der Waals surface area contributed by atoms with Crippen molar-refractivity contribution in [1.29, 1.82) is 5.41 Å². The normalized spacial score (nSPS) is 12.2. The Morgan fingerprint density at radius 2 is 1.75 bits per heavy atom. The predicted octanol–water partition coefficient (Wildman–Crippen LogP) is 1.72. The van der Waals surface area contributed by atoms with Crippen molar-refractivity contribution in [3.63, 3.8) is 0 Å². The van der Waals surface area contributed by atoms with Crippen LogP contribution in [0.3, 0.4) is 0 Å². The molecule has 0 unspecified atom stereocenters. The molecule has 0 bridgehead atoms. The number of aliphatic carboxylic acids is 1. The Hall–Kier alpha value is -1.32. The number of aliphatic hydroxyl groups excluding tert-OH is 1. The molecule has 4 nitrogen and oxygen atoms in total. The second-order valence-electron chi connectivity index (χ2n) is 2.31. The van der Waals surface area contributed by atoms with E-state index in [1.54, 1.807) is 13.8 Å². The summed E-state index contributed by atoms with van der Waals surface area (Å²) in [6.45, 7) is 3.31. The molecule has 3 N–H and O–H groups in total. The third-order valence-corrected chi connectivity index (χ3v) is 1.49. The van der Waals surface area contributed by atoms with Gasteiger partial charge in [0.05, 0.1) is 0 Å². The molecule has 68 valence electrons. The Bertz CT molecular complexity index is 230. The summed E-state index contributed by atoms with van der Waals surface area (Å²) in [4.78, 5) is 10.5. The Morgan fingerprint density at radius 1 is 1.25 bits per heavy atom. The van der Waals surface area contributed by atoms with Gasteiger partial charge in [-0.2, -0.15) is 0 Å². The lowest BCUT2D eigenvalue weighted by atomic mass is 10.1. The van der Waals surface area contributed by atoms with Crippen molar-refractivity contribution < 1.29 is 15.0 Å². The van der Waals surface area contributed by atoms with Crippen LogP contribution in [0.5, 0.6) is 0 Å². The average Bonchev–Trinajstić information content (AvgIpc) is 2.03. The lowest BCUT2D eigenvalue weighted by Crippen LogP contribution is -2.13. The maximum atomic E-state index is 10.5. The van der Waals surface area contributed by atoms with Gasteiger partial charge in [0.15, 0.2) is 0 Å². The zero-order valence-electron chi connectivity index (χ0n) is 7.22. The number of carbonyl (C=O) groups is 1. The van der Waals surface area contributed by atoms with Crippen LogP contribution in [0.25, 0.3) is 0 Å². The van der Waals surface area contributed by atoms with E-state index in [2.05, 4.69) is 0 Å². The van der Waals surface area contributed by atoms with Gasteiger partial charge in [-0.05, 0) is 6.42 Å². The van der Waals surface area contributed by atoms with Crippen molar-refractivity contribution >= 4 is 11.7 Å². The minimum absolute atomic E-state index is 0.0400. The number of nitrogens with one attached hydrogen (secondary N) is 1. The Labute approximate surface area is 71.0 Å². The Balaban J connectivity index is 4.91. The smallest absolute Gasteiger partial charge is 0.340 e. The summed E-state index contributed by atoms with van der Waals surface area (Å²) in [6, 6.07) is 0.